The van der Waals surface area contributed by atoms with E-state index in [1.807, 2.05) is 0 Å². The highest BCUT2D eigenvalue weighted by molar-refractivity contribution is 6.02. The number of aromatic nitrogens is 1. The molecule has 4 N–H and O–H groups in total. The van der Waals surface area contributed by atoms with Gasteiger partial charge in [0.2, 0.25) is 5.91 Å². The third-order valence-electron chi connectivity index (χ3n) is 3.26. The van der Waals surface area contributed by atoms with Crippen LogP contribution in [0.3, 0.4) is 0 Å². The Bertz CT molecular complexity index is 661. The third kappa shape index (κ3) is 2.10. The van der Waals surface area contributed by atoms with Crippen molar-refractivity contribution in [3.8, 4) is 0 Å². The van der Waals surface area contributed by atoms with E-state index in [2.05, 4.69) is 15.6 Å². The Kier molecular flexibility index (Phi) is 3.08. The van der Waals surface area contributed by atoms with Crippen LogP contribution in [0.4, 0.5) is 15.9 Å². The van der Waals surface area contributed by atoms with Crippen molar-refractivity contribution < 1.29 is 9.18 Å². The van der Waals surface area contributed by atoms with Crippen molar-refractivity contribution >= 4 is 17.4 Å². The maximum atomic E-state index is 13.8. The summed E-state index contributed by atoms with van der Waals surface area (Å²) < 4.78 is 13.8. The number of nitrogens with one attached hydrogen (secondary N) is 2. The summed E-state index contributed by atoms with van der Waals surface area (Å²) in [6.45, 7) is 0. The van der Waals surface area contributed by atoms with E-state index in [4.69, 9.17) is 5.73 Å². The van der Waals surface area contributed by atoms with Gasteiger partial charge in [0, 0.05) is 11.8 Å². The first kappa shape index (κ1) is 12.6. The molecule has 1 amide bonds. The average Bonchev–Trinajstić information content (AvgIpc) is 2.46. The lowest BCUT2D eigenvalue weighted by molar-refractivity contribution is -0.117. The maximum absolute atomic E-state index is 13.8. The van der Waals surface area contributed by atoms with Crippen molar-refractivity contribution in [2.45, 2.75) is 12.1 Å². The molecule has 0 aliphatic carbocycles. The minimum atomic E-state index is -0.800. The molecule has 2 unspecified atom stereocenters. The highest BCUT2D eigenvalue weighted by Crippen LogP contribution is 2.28. The molecule has 1 aliphatic rings. The topological polar surface area (TPSA) is 80.0 Å². The Morgan fingerprint density at radius 2 is 2.05 bits per heavy atom. The van der Waals surface area contributed by atoms with Gasteiger partial charge in [0.05, 0.1) is 11.7 Å². The summed E-state index contributed by atoms with van der Waals surface area (Å²) >= 11 is 0. The molecule has 20 heavy (non-hydrogen) atoms. The van der Waals surface area contributed by atoms with Crippen LogP contribution >= 0.6 is 0 Å². The Labute approximate surface area is 115 Å². The Morgan fingerprint density at radius 3 is 2.85 bits per heavy atom. The van der Waals surface area contributed by atoms with Crippen molar-refractivity contribution in [2.24, 2.45) is 5.73 Å². The second kappa shape index (κ2) is 4.90. The zero-order valence-corrected chi connectivity index (χ0v) is 10.5. The Morgan fingerprint density at radius 1 is 1.25 bits per heavy atom. The normalized spacial score (nSPS) is 18.7. The van der Waals surface area contributed by atoms with Gasteiger partial charge < -0.3 is 16.4 Å². The minimum absolute atomic E-state index is 0.291. The van der Waals surface area contributed by atoms with Crippen molar-refractivity contribution in [3.05, 3.63) is 54.0 Å². The molecule has 0 radical (unpaired) electrons. The summed E-state index contributed by atoms with van der Waals surface area (Å²) in [4.78, 5) is 16.2. The zero-order valence-electron chi connectivity index (χ0n) is 10.5. The number of nitrogens with two attached hydrogens (primary N) is 1. The highest BCUT2D eigenvalue weighted by atomic mass is 19.1. The van der Waals surface area contributed by atoms with Crippen LogP contribution in [0.25, 0.3) is 0 Å². The first-order chi connectivity index (χ1) is 9.66. The maximum Gasteiger partial charge on any atom is 0.248 e. The van der Waals surface area contributed by atoms with Gasteiger partial charge in [-0.15, -0.1) is 0 Å². The predicted octanol–water partition coefficient (Wildman–Crippen LogP) is 1.65. The molecule has 0 spiro atoms. The van der Waals surface area contributed by atoms with E-state index >= 15 is 0 Å². The van der Waals surface area contributed by atoms with E-state index in [-0.39, 0.29) is 5.91 Å². The fourth-order valence-electron chi connectivity index (χ4n) is 2.22. The van der Waals surface area contributed by atoms with E-state index in [0.29, 0.717) is 17.1 Å². The number of hydrogen-bond donors (Lipinski definition) is 3. The largest absolute Gasteiger partial charge is 0.355 e. The summed E-state index contributed by atoms with van der Waals surface area (Å²) in [6, 6.07) is 8.05. The Balaban J connectivity index is 1.92. The van der Waals surface area contributed by atoms with Crippen LogP contribution in [0.5, 0.6) is 0 Å². The molecular weight excluding hydrogens is 259 g/mol. The number of carbonyl (C=O) groups is 1. The number of rotatable bonds is 2. The molecule has 0 fully saturated rings. The van der Waals surface area contributed by atoms with Gasteiger partial charge in [0.25, 0.3) is 0 Å². The number of anilines is 2. The third-order valence-corrected chi connectivity index (χ3v) is 3.26. The van der Waals surface area contributed by atoms with Crippen molar-refractivity contribution in [1.29, 1.82) is 0 Å². The molecule has 1 aromatic heterocycles. The minimum Gasteiger partial charge on any atom is -0.355 e. The van der Waals surface area contributed by atoms with Gasteiger partial charge in [0.15, 0.2) is 0 Å². The van der Waals surface area contributed by atoms with Gasteiger partial charge in [-0.25, -0.2) is 9.37 Å². The molecule has 2 aromatic rings. The summed E-state index contributed by atoms with van der Waals surface area (Å²) in [5.74, 6) is -0.202. The number of nitrogens with zero attached hydrogens (tertiary/aromatic N) is 1. The van der Waals surface area contributed by atoms with Crippen LogP contribution in [0.2, 0.25) is 0 Å². The molecule has 2 atom stereocenters. The van der Waals surface area contributed by atoms with Gasteiger partial charge in [-0.1, -0.05) is 18.2 Å². The van der Waals surface area contributed by atoms with Crippen molar-refractivity contribution in [1.82, 2.24) is 4.98 Å². The first-order valence-corrected chi connectivity index (χ1v) is 6.19. The van der Waals surface area contributed by atoms with Crippen molar-refractivity contribution in [3.63, 3.8) is 0 Å². The van der Waals surface area contributed by atoms with Gasteiger partial charge in [-0.05, 0) is 18.2 Å². The van der Waals surface area contributed by atoms with Gasteiger partial charge >= 0.3 is 0 Å². The number of pyridine rings is 1. The van der Waals surface area contributed by atoms with Crippen LogP contribution in [-0.4, -0.2) is 16.9 Å². The molecule has 0 bridgehead atoms. The summed E-state index contributed by atoms with van der Waals surface area (Å²) in [7, 11) is 0. The second-order valence-corrected chi connectivity index (χ2v) is 4.56. The molecule has 1 aliphatic heterocycles. The summed E-state index contributed by atoms with van der Waals surface area (Å²) in [5, 5.41) is 5.67. The molecule has 5 nitrogen and oxygen atoms in total. The lowest BCUT2D eigenvalue weighted by atomic mass is 9.97. The van der Waals surface area contributed by atoms with E-state index in [1.165, 1.54) is 6.07 Å². The molecule has 3 rings (SSSR count). The van der Waals surface area contributed by atoms with E-state index in [9.17, 15) is 9.18 Å². The fraction of sp³-hybridized carbons (Fsp3) is 0.143. The Hall–Kier alpha value is -2.47. The lowest BCUT2D eigenvalue weighted by Crippen LogP contribution is -2.46. The molecule has 0 saturated heterocycles. The molecule has 6 heteroatoms. The van der Waals surface area contributed by atoms with Crippen LogP contribution in [0, 0.1) is 5.82 Å². The number of halogens is 1. The molecule has 102 valence electrons. The quantitative estimate of drug-likeness (QED) is 0.776. The predicted molar refractivity (Wildman–Crippen MR) is 73.6 cm³/mol. The van der Waals surface area contributed by atoms with Gasteiger partial charge in [-0.2, -0.15) is 0 Å². The van der Waals surface area contributed by atoms with Gasteiger partial charge in [-0.3, -0.25) is 4.79 Å². The van der Waals surface area contributed by atoms with E-state index in [0.717, 1.165) is 0 Å². The van der Waals surface area contributed by atoms with E-state index in [1.54, 1.807) is 36.5 Å². The number of fused-ring (bicyclic) bond motifs is 1. The monoisotopic (exact) mass is 272 g/mol. The van der Waals surface area contributed by atoms with Crippen molar-refractivity contribution in [2.75, 3.05) is 10.6 Å². The van der Waals surface area contributed by atoms with E-state index < -0.39 is 17.9 Å². The first-order valence-electron chi connectivity index (χ1n) is 6.19. The standard InChI is InChI=1S/C14H13FN4O/c15-9-5-2-1-4-8(9)11(16)12-14(20)18-10-6-3-7-17-13(10)19-12/h1-7,11-12H,16H2,(H,17,19)(H,18,20). The fourth-order valence-corrected chi connectivity index (χ4v) is 2.22. The van der Waals surface area contributed by atoms with Crippen LogP contribution < -0.4 is 16.4 Å². The molecule has 0 saturated carbocycles. The number of amides is 1. The van der Waals surface area contributed by atoms with Crippen LogP contribution in [0.15, 0.2) is 42.6 Å². The molecule has 2 heterocycles. The zero-order chi connectivity index (χ0) is 14.1. The van der Waals surface area contributed by atoms with Gasteiger partial charge in [0.1, 0.15) is 17.7 Å². The molecule has 1 aromatic carbocycles. The number of carbonyl (C=O) groups excluding carboxylic acids is 1. The lowest BCUT2D eigenvalue weighted by Gasteiger charge is -2.30. The van der Waals surface area contributed by atoms with Crippen LogP contribution in [-0.2, 0) is 4.79 Å². The number of hydrogen-bond acceptors (Lipinski definition) is 4. The summed E-state index contributed by atoms with van der Waals surface area (Å²) in [6.07, 6.45) is 1.61. The SMILES string of the molecule is NC(c1ccccc1F)C1Nc2ncccc2NC1=O. The smallest absolute Gasteiger partial charge is 0.248 e. The second-order valence-electron chi connectivity index (χ2n) is 4.56. The average molecular weight is 272 g/mol. The summed E-state index contributed by atoms with van der Waals surface area (Å²) in [5.41, 5.74) is 6.91. The molecular formula is C14H13FN4O. The number of benzene rings is 1. The highest BCUT2D eigenvalue weighted by Gasteiger charge is 2.33. The van der Waals surface area contributed by atoms with Crippen LogP contribution in [0.1, 0.15) is 11.6 Å².